The van der Waals surface area contributed by atoms with Crippen LogP contribution in [0.5, 0.6) is 0 Å². The first-order chi connectivity index (χ1) is 56.2. The van der Waals surface area contributed by atoms with E-state index in [1.54, 1.807) is 0 Å². The Kier molecular flexibility index (Phi) is 83.0. The lowest BCUT2D eigenvalue weighted by Gasteiger charge is -2.21. The molecular weight excluding hydrogens is 1480 g/mol. The summed E-state index contributed by atoms with van der Waals surface area (Å²) in [5, 5.41) is 20.7. The lowest BCUT2D eigenvalue weighted by molar-refractivity contribution is -0.161. The summed E-state index contributed by atoms with van der Waals surface area (Å²) in [5.74, 6) is -1.64. The van der Waals surface area contributed by atoms with Crippen molar-refractivity contribution in [2.75, 3.05) is 39.6 Å². The van der Waals surface area contributed by atoms with Gasteiger partial charge in [-0.1, -0.05) is 349 Å². The molecule has 0 aliphatic rings. The van der Waals surface area contributed by atoms with Gasteiger partial charge >= 0.3 is 33.6 Å². The van der Waals surface area contributed by atoms with E-state index in [1.165, 1.54) is 89.9 Å². The Labute approximate surface area is 699 Å². The molecule has 652 valence electrons. The van der Waals surface area contributed by atoms with Crippen LogP contribution in [-0.2, 0) is 55.8 Å². The highest BCUT2D eigenvalue weighted by Gasteiger charge is 2.29. The number of carbonyl (C=O) groups is 3. The molecule has 0 rings (SSSR count). The molecule has 5 unspecified atom stereocenters. The van der Waals surface area contributed by atoms with E-state index in [2.05, 4.69) is 227 Å². The van der Waals surface area contributed by atoms with Crippen LogP contribution in [0.1, 0.15) is 329 Å². The van der Waals surface area contributed by atoms with Crippen LogP contribution in [0.4, 0.5) is 0 Å². The van der Waals surface area contributed by atoms with Gasteiger partial charge in [0.15, 0.2) is 6.10 Å². The number of unbranched alkanes of at least 4 members (excludes halogenated alkanes) is 25. The summed E-state index contributed by atoms with van der Waals surface area (Å²) in [6.45, 7) is 2.28. The van der Waals surface area contributed by atoms with E-state index in [1.807, 2.05) is 0 Å². The van der Waals surface area contributed by atoms with Crippen molar-refractivity contribution in [3.05, 3.63) is 207 Å². The third-order valence-corrected chi connectivity index (χ3v) is 19.9. The molecule has 0 aliphatic carbocycles. The number of rotatable bonds is 82. The Balaban J connectivity index is 4.63. The molecular formula is C97H158O16P2. The second-order valence-electron chi connectivity index (χ2n) is 28.9. The van der Waals surface area contributed by atoms with Crippen molar-refractivity contribution in [3.63, 3.8) is 0 Å². The molecule has 16 nitrogen and oxygen atoms in total. The summed E-state index contributed by atoms with van der Waals surface area (Å²) < 4.78 is 61.4. The van der Waals surface area contributed by atoms with Crippen molar-refractivity contribution < 1.29 is 75.8 Å². The summed E-state index contributed by atoms with van der Waals surface area (Å²) in [6.07, 6.45) is 117. The number of allylic oxidation sites excluding steroid dienone is 34. The van der Waals surface area contributed by atoms with Crippen LogP contribution in [0.3, 0.4) is 0 Å². The van der Waals surface area contributed by atoms with E-state index >= 15 is 0 Å². The number of phosphoric acid groups is 2. The maximum Gasteiger partial charge on any atom is 0.472 e. The highest BCUT2D eigenvalue weighted by molar-refractivity contribution is 7.47. The monoisotopic (exact) mass is 1640 g/mol. The number of aliphatic hydroxyl groups excluding tert-OH is 2. The van der Waals surface area contributed by atoms with Crippen LogP contribution in [0.25, 0.3) is 0 Å². The topological polar surface area (TPSA) is 231 Å². The molecule has 5 atom stereocenters. The molecule has 0 aromatic heterocycles. The minimum atomic E-state index is -4.96. The smallest absolute Gasteiger partial charge is 0.463 e. The maximum absolute atomic E-state index is 13.0. The highest BCUT2D eigenvalue weighted by Crippen LogP contribution is 2.45. The fraction of sp³-hybridized carbons (Fsp3) is 0.619. The minimum absolute atomic E-state index is 0.0601. The molecule has 0 saturated heterocycles. The molecule has 0 amide bonds. The molecule has 0 aromatic rings. The van der Waals surface area contributed by atoms with Crippen molar-refractivity contribution in [3.8, 4) is 0 Å². The number of phosphoric ester groups is 2. The third-order valence-electron chi connectivity index (χ3n) is 18.0. The standard InChI is InChI=1S/C97H158O16P2/c1-4-7-10-13-16-19-22-25-28-31-34-37-40-41-42-43-44-45-46-47-48-49-52-54-56-59-62-65-68-71-74-77-80-83-95(100)107-86-92(98)87-109-114(103,104)110-88-93(99)89-111-115(105,106)112-91-94(113-97(102)85-82-79-76-73-70-67-64-61-58-55-51-39-36-33-30-27-24-21-18-15-12-9-6-3)90-108-96(101)84-81-78-75-72-69-66-63-60-57-53-50-38-35-32-29-26-23-20-17-14-11-8-5-2/h7-12,16-21,25-30,34-39,41-42,53,55,57-58,63-64,66-67,92-94,98-99H,4-6,13-15,22-24,31-33,40,43-52,54,56,59-62,65,68-91H2,1-3H3,(H,103,104)(H,105,106)/b10-7-,11-8-,12-9-,19-16-,20-17-,21-18-,28-25-,29-26-,30-27-,37-34-,38-35-,39-36-,42-41-,57-53-,58-55-,66-63-,67-64-. The summed E-state index contributed by atoms with van der Waals surface area (Å²) in [5.41, 5.74) is 0. The number of esters is 3. The van der Waals surface area contributed by atoms with Crippen molar-refractivity contribution >= 4 is 33.6 Å². The van der Waals surface area contributed by atoms with E-state index in [4.69, 9.17) is 32.3 Å². The quantitative estimate of drug-likeness (QED) is 0.0146. The van der Waals surface area contributed by atoms with Gasteiger partial charge < -0.3 is 34.2 Å². The van der Waals surface area contributed by atoms with Gasteiger partial charge in [-0.3, -0.25) is 32.5 Å². The van der Waals surface area contributed by atoms with E-state index in [-0.39, 0.29) is 19.3 Å². The highest BCUT2D eigenvalue weighted by atomic mass is 31.2. The fourth-order valence-corrected chi connectivity index (χ4v) is 13.0. The van der Waals surface area contributed by atoms with E-state index < -0.39 is 91.5 Å². The molecule has 0 fully saturated rings. The normalized spacial score (nSPS) is 14.8. The molecule has 18 heteroatoms. The van der Waals surface area contributed by atoms with Crippen molar-refractivity contribution in [1.29, 1.82) is 0 Å². The fourth-order valence-electron chi connectivity index (χ4n) is 11.4. The summed E-state index contributed by atoms with van der Waals surface area (Å²) in [7, 11) is -9.84. The van der Waals surface area contributed by atoms with E-state index in [0.29, 0.717) is 19.3 Å². The first kappa shape index (κ1) is 109. The number of hydrogen-bond donors (Lipinski definition) is 4. The SMILES string of the molecule is CC/C=C\C/C=C\C/C=C\C/C=C\C/C=C\C/C=C\CCCCCCC(=O)OCC(COP(=O)(O)OCC(O)COP(=O)(O)OCC(O)COC(=O)CCCCCCCCCCCCCCCCCCC/C=C\C/C=C\C/C=C\C/C=C\C/C=C\CC)OC(=O)CCCCCC/C=C\C/C=C\C/C=C\C/C=C\C/C=C\C/C=C\CC. The van der Waals surface area contributed by atoms with Crippen molar-refractivity contribution in [1.82, 2.24) is 0 Å². The number of ether oxygens (including phenoxy) is 3. The zero-order valence-electron chi connectivity index (χ0n) is 71.6. The van der Waals surface area contributed by atoms with Crippen LogP contribution in [0, 0.1) is 0 Å². The van der Waals surface area contributed by atoms with Gasteiger partial charge in [0.1, 0.15) is 25.4 Å². The maximum atomic E-state index is 13.0. The van der Waals surface area contributed by atoms with Gasteiger partial charge in [0.05, 0.1) is 26.4 Å². The van der Waals surface area contributed by atoms with E-state index in [0.717, 1.165) is 180 Å². The lowest BCUT2D eigenvalue weighted by atomic mass is 10.0. The molecule has 0 bridgehead atoms. The van der Waals surface area contributed by atoms with Crippen LogP contribution < -0.4 is 0 Å². The Hall–Kier alpha value is -5.87. The number of aliphatic hydroxyl groups is 2. The van der Waals surface area contributed by atoms with Crippen LogP contribution in [0.15, 0.2) is 207 Å². The molecule has 0 radical (unpaired) electrons. The second kappa shape index (κ2) is 87.4. The van der Waals surface area contributed by atoms with Crippen molar-refractivity contribution in [2.24, 2.45) is 0 Å². The zero-order valence-corrected chi connectivity index (χ0v) is 73.4. The molecule has 115 heavy (non-hydrogen) atoms. The van der Waals surface area contributed by atoms with Gasteiger partial charge in [-0.05, 0) is 167 Å². The summed E-state index contributed by atoms with van der Waals surface area (Å²) in [6, 6.07) is 0. The zero-order chi connectivity index (χ0) is 83.6. The minimum Gasteiger partial charge on any atom is -0.463 e. The summed E-state index contributed by atoms with van der Waals surface area (Å²) in [4.78, 5) is 58.9. The van der Waals surface area contributed by atoms with E-state index in [9.17, 15) is 43.5 Å². The predicted octanol–water partition coefficient (Wildman–Crippen LogP) is 27.2. The Morgan fingerprint density at radius 3 is 0.687 bits per heavy atom. The van der Waals surface area contributed by atoms with Gasteiger partial charge in [-0.2, -0.15) is 0 Å². The summed E-state index contributed by atoms with van der Waals surface area (Å²) >= 11 is 0. The molecule has 0 saturated carbocycles. The molecule has 0 heterocycles. The number of hydrogen-bond acceptors (Lipinski definition) is 14. The first-order valence-electron chi connectivity index (χ1n) is 44.4. The number of carbonyl (C=O) groups excluding carboxylic acids is 3. The Morgan fingerprint density at radius 2 is 0.435 bits per heavy atom. The third kappa shape index (κ3) is 88.8. The average Bonchev–Trinajstić information content (AvgIpc) is 1.07. The van der Waals surface area contributed by atoms with Gasteiger partial charge in [0.25, 0.3) is 0 Å². The Bertz CT molecular complexity index is 2920. The average molecular weight is 1640 g/mol. The van der Waals surface area contributed by atoms with Gasteiger partial charge in [0.2, 0.25) is 0 Å². The van der Waals surface area contributed by atoms with Crippen LogP contribution >= 0.6 is 15.6 Å². The van der Waals surface area contributed by atoms with Gasteiger partial charge in [-0.15, -0.1) is 0 Å². The van der Waals surface area contributed by atoms with Crippen molar-refractivity contribution in [2.45, 2.75) is 347 Å². The Morgan fingerprint density at radius 1 is 0.243 bits per heavy atom. The largest absolute Gasteiger partial charge is 0.472 e. The molecule has 0 aromatic carbocycles. The molecule has 4 N–H and O–H groups in total. The predicted molar refractivity (Wildman–Crippen MR) is 481 cm³/mol. The molecule has 0 spiro atoms. The van der Waals surface area contributed by atoms with Gasteiger partial charge in [0, 0.05) is 19.3 Å². The van der Waals surface area contributed by atoms with Crippen LogP contribution in [-0.4, -0.2) is 95.9 Å². The first-order valence-corrected chi connectivity index (χ1v) is 47.4. The lowest BCUT2D eigenvalue weighted by Crippen LogP contribution is -2.30. The van der Waals surface area contributed by atoms with Crippen LogP contribution in [0.2, 0.25) is 0 Å². The molecule has 0 aliphatic heterocycles. The van der Waals surface area contributed by atoms with Gasteiger partial charge in [-0.25, -0.2) is 9.13 Å². The second-order valence-corrected chi connectivity index (χ2v) is 31.8.